The van der Waals surface area contributed by atoms with Crippen molar-refractivity contribution in [1.82, 2.24) is 9.97 Å². The van der Waals surface area contributed by atoms with Crippen molar-refractivity contribution in [2.24, 2.45) is 5.73 Å². The van der Waals surface area contributed by atoms with Crippen molar-refractivity contribution in [3.8, 4) is 5.88 Å². The molecule has 2 N–H and O–H groups in total. The van der Waals surface area contributed by atoms with Gasteiger partial charge in [0, 0.05) is 31.4 Å². The number of hydrogen-bond donors (Lipinski definition) is 1. The fourth-order valence-electron chi connectivity index (χ4n) is 1.41. The maximum Gasteiger partial charge on any atom is 0.228 e. The van der Waals surface area contributed by atoms with E-state index >= 15 is 0 Å². The van der Waals surface area contributed by atoms with E-state index in [1.165, 1.54) is 0 Å². The van der Waals surface area contributed by atoms with Gasteiger partial charge in [0.1, 0.15) is 0 Å². The van der Waals surface area contributed by atoms with E-state index in [9.17, 15) is 0 Å². The van der Waals surface area contributed by atoms with Crippen LogP contribution in [-0.2, 0) is 0 Å². The number of ether oxygens (including phenoxy) is 1. The molecule has 1 heterocycles. The summed E-state index contributed by atoms with van der Waals surface area (Å²) in [5.74, 6) is 1.32. The molecule has 0 aliphatic carbocycles. The van der Waals surface area contributed by atoms with E-state index in [0.29, 0.717) is 18.4 Å². The molecule has 1 atom stereocenters. The number of nitrogens with zero attached hydrogens (tertiary/aromatic N) is 3. The SMILES string of the molecule is CCOc1cc(C)nc(N(C)CCC(C)N)n1. The quantitative estimate of drug-likeness (QED) is 0.810. The van der Waals surface area contributed by atoms with Gasteiger partial charge in [-0.1, -0.05) is 0 Å². The van der Waals surface area contributed by atoms with Gasteiger partial charge in [0.25, 0.3) is 0 Å². The van der Waals surface area contributed by atoms with Gasteiger partial charge in [-0.25, -0.2) is 4.98 Å². The molecule has 0 aliphatic heterocycles. The van der Waals surface area contributed by atoms with Gasteiger partial charge in [-0.05, 0) is 27.2 Å². The van der Waals surface area contributed by atoms with Crippen molar-refractivity contribution in [2.45, 2.75) is 33.2 Å². The Morgan fingerprint density at radius 2 is 2.18 bits per heavy atom. The number of nitrogens with two attached hydrogens (primary N) is 1. The van der Waals surface area contributed by atoms with Gasteiger partial charge in [-0.3, -0.25) is 0 Å². The van der Waals surface area contributed by atoms with Crippen LogP contribution >= 0.6 is 0 Å². The van der Waals surface area contributed by atoms with Crippen molar-refractivity contribution in [1.29, 1.82) is 0 Å². The predicted octanol–water partition coefficient (Wildman–Crippen LogP) is 1.36. The van der Waals surface area contributed by atoms with Crippen LogP contribution in [0, 0.1) is 6.92 Å². The summed E-state index contributed by atoms with van der Waals surface area (Å²) in [6.45, 7) is 7.33. The summed E-state index contributed by atoms with van der Waals surface area (Å²) >= 11 is 0. The lowest BCUT2D eigenvalue weighted by molar-refractivity contribution is 0.326. The molecule has 0 amide bonds. The molecule has 0 saturated heterocycles. The largest absolute Gasteiger partial charge is 0.478 e. The average molecular weight is 238 g/mol. The maximum atomic E-state index is 5.73. The van der Waals surface area contributed by atoms with Crippen molar-refractivity contribution < 1.29 is 4.74 Å². The zero-order chi connectivity index (χ0) is 12.8. The molecule has 1 aromatic heterocycles. The molecular formula is C12H22N4O. The van der Waals surface area contributed by atoms with Crippen LogP contribution in [0.25, 0.3) is 0 Å². The first-order valence-electron chi connectivity index (χ1n) is 5.98. The summed E-state index contributed by atoms with van der Waals surface area (Å²) in [6, 6.07) is 2.03. The normalized spacial score (nSPS) is 12.3. The third-order valence-electron chi connectivity index (χ3n) is 2.37. The molecule has 0 fully saturated rings. The van der Waals surface area contributed by atoms with Crippen LogP contribution in [0.3, 0.4) is 0 Å². The van der Waals surface area contributed by atoms with Crippen LogP contribution in [0.2, 0.25) is 0 Å². The second kappa shape index (κ2) is 6.39. The molecule has 17 heavy (non-hydrogen) atoms. The van der Waals surface area contributed by atoms with Gasteiger partial charge in [0.05, 0.1) is 6.61 Å². The Balaban J connectivity index is 2.74. The summed E-state index contributed by atoms with van der Waals surface area (Å²) < 4.78 is 5.40. The number of aromatic nitrogens is 2. The molecule has 0 saturated carbocycles. The Morgan fingerprint density at radius 1 is 1.47 bits per heavy atom. The fourth-order valence-corrected chi connectivity index (χ4v) is 1.41. The lowest BCUT2D eigenvalue weighted by Crippen LogP contribution is -2.27. The molecule has 0 radical (unpaired) electrons. The van der Waals surface area contributed by atoms with Crippen molar-refractivity contribution in [2.75, 3.05) is 25.1 Å². The molecular weight excluding hydrogens is 216 g/mol. The Labute approximate surface area is 103 Å². The monoisotopic (exact) mass is 238 g/mol. The number of hydrogen-bond acceptors (Lipinski definition) is 5. The molecule has 1 unspecified atom stereocenters. The predicted molar refractivity (Wildman–Crippen MR) is 69.5 cm³/mol. The topological polar surface area (TPSA) is 64.3 Å². The van der Waals surface area contributed by atoms with E-state index in [1.54, 1.807) is 0 Å². The first-order valence-corrected chi connectivity index (χ1v) is 5.98. The Bertz CT molecular complexity index is 354. The van der Waals surface area contributed by atoms with Crippen LogP contribution in [0.4, 0.5) is 5.95 Å². The highest BCUT2D eigenvalue weighted by atomic mass is 16.5. The third-order valence-corrected chi connectivity index (χ3v) is 2.37. The van der Waals surface area contributed by atoms with Crippen LogP contribution in [0.1, 0.15) is 26.0 Å². The third kappa shape index (κ3) is 4.56. The van der Waals surface area contributed by atoms with Crippen molar-refractivity contribution >= 4 is 5.95 Å². The molecule has 96 valence electrons. The summed E-state index contributed by atoms with van der Waals surface area (Å²) in [6.07, 6.45) is 0.914. The zero-order valence-electron chi connectivity index (χ0n) is 11.1. The van der Waals surface area contributed by atoms with Gasteiger partial charge >= 0.3 is 0 Å². The standard InChI is InChI=1S/C12H22N4O/c1-5-17-11-8-10(3)14-12(15-11)16(4)7-6-9(2)13/h8-9H,5-7,13H2,1-4H3. The van der Waals surface area contributed by atoms with Gasteiger partial charge < -0.3 is 15.4 Å². The summed E-state index contributed by atoms with van der Waals surface area (Å²) in [7, 11) is 1.97. The second-order valence-electron chi connectivity index (χ2n) is 4.27. The minimum Gasteiger partial charge on any atom is -0.478 e. The fraction of sp³-hybridized carbons (Fsp3) is 0.667. The minimum absolute atomic E-state index is 0.189. The number of rotatable bonds is 6. The van der Waals surface area contributed by atoms with Gasteiger partial charge in [0.15, 0.2) is 0 Å². The smallest absolute Gasteiger partial charge is 0.228 e. The minimum atomic E-state index is 0.189. The molecule has 5 nitrogen and oxygen atoms in total. The van der Waals surface area contributed by atoms with Crippen molar-refractivity contribution in [3.05, 3.63) is 11.8 Å². The van der Waals surface area contributed by atoms with E-state index in [4.69, 9.17) is 10.5 Å². The van der Waals surface area contributed by atoms with E-state index in [2.05, 4.69) is 9.97 Å². The Kier molecular flexibility index (Phi) is 5.15. The molecule has 1 rings (SSSR count). The number of anilines is 1. The average Bonchev–Trinajstić information content (AvgIpc) is 2.25. The van der Waals surface area contributed by atoms with E-state index in [1.807, 2.05) is 38.8 Å². The summed E-state index contributed by atoms with van der Waals surface area (Å²) in [5.41, 5.74) is 6.64. The molecule has 0 aliphatic rings. The van der Waals surface area contributed by atoms with Gasteiger partial charge in [0.2, 0.25) is 11.8 Å². The molecule has 0 spiro atoms. The van der Waals surface area contributed by atoms with E-state index in [0.717, 1.165) is 18.7 Å². The maximum absolute atomic E-state index is 5.73. The first kappa shape index (κ1) is 13.7. The highest BCUT2D eigenvalue weighted by Gasteiger charge is 2.08. The van der Waals surface area contributed by atoms with Crippen LogP contribution in [0.15, 0.2) is 6.07 Å². The number of aryl methyl sites for hydroxylation is 1. The van der Waals surface area contributed by atoms with E-state index < -0.39 is 0 Å². The van der Waals surface area contributed by atoms with Crippen LogP contribution in [-0.4, -0.2) is 36.2 Å². The Morgan fingerprint density at radius 3 is 2.76 bits per heavy atom. The second-order valence-corrected chi connectivity index (χ2v) is 4.27. The highest BCUT2D eigenvalue weighted by molar-refractivity contribution is 5.33. The molecule has 0 aromatic carbocycles. The van der Waals surface area contributed by atoms with Crippen LogP contribution in [0.5, 0.6) is 5.88 Å². The summed E-state index contributed by atoms with van der Waals surface area (Å²) in [4.78, 5) is 10.7. The van der Waals surface area contributed by atoms with E-state index in [-0.39, 0.29) is 6.04 Å². The van der Waals surface area contributed by atoms with Gasteiger partial charge in [-0.2, -0.15) is 4.98 Å². The summed E-state index contributed by atoms with van der Waals surface area (Å²) in [5, 5.41) is 0. The Hall–Kier alpha value is -1.36. The lowest BCUT2D eigenvalue weighted by Gasteiger charge is -2.19. The highest BCUT2D eigenvalue weighted by Crippen LogP contribution is 2.14. The molecule has 5 heteroatoms. The lowest BCUT2D eigenvalue weighted by atomic mass is 10.2. The molecule has 1 aromatic rings. The zero-order valence-corrected chi connectivity index (χ0v) is 11.1. The first-order chi connectivity index (χ1) is 8.02. The molecule has 0 bridgehead atoms. The van der Waals surface area contributed by atoms with Crippen molar-refractivity contribution in [3.63, 3.8) is 0 Å². The van der Waals surface area contributed by atoms with Gasteiger partial charge in [-0.15, -0.1) is 0 Å². The van der Waals surface area contributed by atoms with Crippen LogP contribution < -0.4 is 15.4 Å².